The van der Waals surface area contributed by atoms with Crippen molar-refractivity contribution in [1.29, 1.82) is 0 Å². The molecule has 1 aliphatic carbocycles. The molecule has 1 N–H and O–H groups in total. The number of carboxylic acids is 1. The van der Waals surface area contributed by atoms with Crippen molar-refractivity contribution in [2.75, 3.05) is 13.9 Å². The maximum absolute atomic E-state index is 11.4. The number of carboxylic acid groups (broad SMARTS) is 1. The van der Waals surface area contributed by atoms with Crippen LogP contribution in [-0.4, -0.2) is 31.1 Å². The van der Waals surface area contributed by atoms with Crippen LogP contribution in [0, 0.1) is 0 Å². The first-order valence-corrected chi connectivity index (χ1v) is 5.59. The molecule has 92 valence electrons. The fraction of sp³-hybridized carbons (Fsp3) is 0.417. The summed E-state index contributed by atoms with van der Waals surface area (Å²) in [6.45, 7) is 0.104. The number of hydrogen-bond acceptors (Lipinski definition) is 3. The summed E-state index contributed by atoms with van der Waals surface area (Å²) < 4.78 is 10.1. The maximum Gasteiger partial charge on any atom is 0.316 e. The lowest BCUT2D eigenvalue weighted by Crippen LogP contribution is -2.25. The summed E-state index contributed by atoms with van der Waals surface area (Å²) in [5.74, 6) is -0.874. The van der Waals surface area contributed by atoms with E-state index in [0.717, 1.165) is 5.56 Å². The molecule has 5 heteroatoms. The Labute approximate surface area is 104 Å². The molecule has 17 heavy (non-hydrogen) atoms. The molecule has 1 aromatic rings. The Morgan fingerprint density at radius 1 is 1.53 bits per heavy atom. The summed E-state index contributed by atoms with van der Waals surface area (Å²) in [4.78, 5) is 11.4. The molecule has 0 aromatic heterocycles. The Kier molecular flexibility index (Phi) is 3.38. The molecule has 2 rings (SSSR count). The molecule has 1 aliphatic rings. The molecule has 0 heterocycles. The lowest BCUT2D eigenvalue weighted by atomic mass is 9.96. The molecular weight excluding hydrogens is 244 g/mol. The molecule has 1 fully saturated rings. The van der Waals surface area contributed by atoms with Crippen molar-refractivity contribution in [3.05, 3.63) is 34.9 Å². The topological polar surface area (TPSA) is 55.8 Å². The molecule has 0 radical (unpaired) electrons. The second-order valence-electron chi connectivity index (χ2n) is 4.05. The third-order valence-corrected chi connectivity index (χ3v) is 3.28. The van der Waals surface area contributed by atoms with Crippen LogP contribution in [0.25, 0.3) is 0 Å². The average molecular weight is 257 g/mol. The van der Waals surface area contributed by atoms with Crippen molar-refractivity contribution in [2.24, 2.45) is 0 Å². The van der Waals surface area contributed by atoms with Crippen molar-refractivity contribution in [3.63, 3.8) is 0 Å². The van der Waals surface area contributed by atoms with Crippen LogP contribution >= 0.6 is 11.6 Å². The van der Waals surface area contributed by atoms with Gasteiger partial charge in [0.15, 0.2) is 0 Å². The van der Waals surface area contributed by atoms with Gasteiger partial charge in [0.25, 0.3) is 0 Å². The van der Waals surface area contributed by atoms with Gasteiger partial charge in [-0.1, -0.05) is 23.7 Å². The summed E-state index contributed by atoms with van der Waals surface area (Å²) >= 11 is 5.78. The number of ether oxygens (including phenoxy) is 2. The number of halogens is 1. The molecule has 2 unspecified atom stereocenters. The van der Waals surface area contributed by atoms with E-state index < -0.39 is 11.4 Å². The third-order valence-electron chi connectivity index (χ3n) is 3.02. The fourth-order valence-electron chi connectivity index (χ4n) is 1.98. The van der Waals surface area contributed by atoms with E-state index in [4.69, 9.17) is 21.1 Å². The van der Waals surface area contributed by atoms with Crippen LogP contribution in [0.5, 0.6) is 0 Å². The normalized spacial score (nSPS) is 26.8. The van der Waals surface area contributed by atoms with Crippen molar-refractivity contribution in [3.8, 4) is 0 Å². The first kappa shape index (κ1) is 12.4. The molecule has 1 aromatic carbocycles. The summed E-state index contributed by atoms with van der Waals surface area (Å²) in [6.07, 6.45) is 0.133. The van der Waals surface area contributed by atoms with Gasteiger partial charge in [0.05, 0.1) is 6.10 Å². The summed E-state index contributed by atoms with van der Waals surface area (Å²) in [6, 6.07) is 6.83. The van der Waals surface area contributed by atoms with Crippen LogP contribution in [0.4, 0.5) is 0 Å². The van der Waals surface area contributed by atoms with Gasteiger partial charge in [-0.2, -0.15) is 0 Å². The highest BCUT2D eigenvalue weighted by atomic mass is 35.5. The van der Waals surface area contributed by atoms with Crippen LogP contribution in [-0.2, 0) is 19.7 Å². The molecule has 0 saturated heterocycles. The molecule has 0 aliphatic heterocycles. The van der Waals surface area contributed by atoms with Gasteiger partial charge >= 0.3 is 5.97 Å². The first-order chi connectivity index (χ1) is 8.11. The second-order valence-corrected chi connectivity index (χ2v) is 4.49. The number of aliphatic carboxylic acids is 1. The minimum Gasteiger partial charge on any atom is -0.481 e. The van der Waals surface area contributed by atoms with E-state index in [9.17, 15) is 9.90 Å². The fourth-order valence-corrected chi connectivity index (χ4v) is 2.11. The van der Waals surface area contributed by atoms with E-state index in [1.165, 1.54) is 7.11 Å². The number of hydrogen-bond donors (Lipinski definition) is 1. The predicted octanol–water partition coefficient (Wildman–Crippen LogP) is 2.06. The van der Waals surface area contributed by atoms with E-state index in [0.29, 0.717) is 11.4 Å². The van der Waals surface area contributed by atoms with E-state index in [1.807, 2.05) is 0 Å². The number of rotatable bonds is 5. The van der Waals surface area contributed by atoms with E-state index in [-0.39, 0.29) is 12.9 Å². The van der Waals surface area contributed by atoms with Crippen molar-refractivity contribution < 1.29 is 19.4 Å². The Morgan fingerprint density at radius 3 is 2.71 bits per heavy atom. The van der Waals surface area contributed by atoms with Gasteiger partial charge in [0.1, 0.15) is 12.2 Å². The van der Waals surface area contributed by atoms with Gasteiger partial charge in [0.2, 0.25) is 0 Å². The standard InChI is InChI=1S/C12H13ClO4/c1-16-7-17-10-6-12(10,11(14)15)8-2-4-9(13)5-3-8/h2-5,10H,6-7H2,1H3,(H,14,15). The monoisotopic (exact) mass is 256 g/mol. The van der Waals surface area contributed by atoms with E-state index in [1.54, 1.807) is 24.3 Å². The minimum atomic E-state index is -0.941. The van der Waals surface area contributed by atoms with Crippen LogP contribution in [0.1, 0.15) is 12.0 Å². The molecule has 0 amide bonds. The largest absolute Gasteiger partial charge is 0.481 e. The highest BCUT2D eigenvalue weighted by Crippen LogP contribution is 2.51. The SMILES string of the molecule is COCOC1CC1(C(=O)O)c1ccc(Cl)cc1. The third kappa shape index (κ3) is 2.16. The molecule has 0 spiro atoms. The van der Waals surface area contributed by atoms with Gasteiger partial charge in [-0.15, -0.1) is 0 Å². The van der Waals surface area contributed by atoms with Gasteiger partial charge in [-0.3, -0.25) is 4.79 Å². The zero-order valence-corrected chi connectivity index (χ0v) is 10.1. The van der Waals surface area contributed by atoms with Gasteiger partial charge in [0, 0.05) is 12.1 Å². The van der Waals surface area contributed by atoms with Crippen LogP contribution in [0.2, 0.25) is 5.02 Å². The van der Waals surface area contributed by atoms with Crippen LogP contribution in [0.15, 0.2) is 24.3 Å². The minimum absolute atomic E-state index is 0.104. The quantitative estimate of drug-likeness (QED) is 0.820. The highest BCUT2D eigenvalue weighted by Gasteiger charge is 2.63. The molecule has 1 saturated carbocycles. The van der Waals surface area contributed by atoms with E-state index in [2.05, 4.69) is 0 Å². The second kappa shape index (κ2) is 4.64. The Morgan fingerprint density at radius 2 is 2.18 bits per heavy atom. The average Bonchev–Trinajstić information content (AvgIpc) is 3.03. The van der Waals surface area contributed by atoms with Gasteiger partial charge in [-0.05, 0) is 24.1 Å². The van der Waals surface area contributed by atoms with Gasteiger partial charge in [-0.25, -0.2) is 0 Å². The molecule has 0 bridgehead atoms. The number of carbonyl (C=O) groups is 1. The smallest absolute Gasteiger partial charge is 0.316 e. The summed E-state index contributed by atoms with van der Waals surface area (Å²) in [5, 5.41) is 9.93. The zero-order chi connectivity index (χ0) is 12.5. The first-order valence-electron chi connectivity index (χ1n) is 5.21. The Bertz CT molecular complexity index is 417. The van der Waals surface area contributed by atoms with E-state index >= 15 is 0 Å². The maximum atomic E-state index is 11.4. The van der Waals surface area contributed by atoms with Gasteiger partial charge < -0.3 is 14.6 Å². The van der Waals surface area contributed by atoms with Crippen LogP contribution < -0.4 is 0 Å². The molecule has 4 nitrogen and oxygen atoms in total. The lowest BCUT2D eigenvalue weighted by molar-refractivity contribution is -0.142. The van der Waals surface area contributed by atoms with Crippen molar-refractivity contribution in [1.82, 2.24) is 0 Å². The predicted molar refractivity (Wildman–Crippen MR) is 62.1 cm³/mol. The lowest BCUT2D eigenvalue weighted by Gasteiger charge is -2.13. The molecule has 2 atom stereocenters. The number of benzene rings is 1. The molecular formula is C12H13ClO4. The van der Waals surface area contributed by atoms with Crippen LogP contribution in [0.3, 0.4) is 0 Å². The van der Waals surface area contributed by atoms with Crippen molar-refractivity contribution >= 4 is 17.6 Å². The number of methoxy groups -OCH3 is 1. The van der Waals surface area contributed by atoms with Crippen molar-refractivity contribution in [2.45, 2.75) is 17.9 Å². The summed E-state index contributed by atoms with van der Waals surface area (Å²) in [5.41, 5.74) is -0.223. The Hall–Kier alpha value is -1.10. The zero-order valence-electron chi connectivity index (χ0n) is 9.35. The summed E-state index contributed by atoms with van der Waals surface area (Å²) in [7, 11) is 1.51. The highest BCUT2D eigenvalue weighted by molar-refractivity contribution is 6.30. The Balaban J connectivity index is 2.20.